The molecule has 1 unspecified atom stereocenters. The number of aromatic nitrogens is 2. The molecule has 1 heterocycles. The maximum absolute atomic E-state index is 11.7. The van der Waals surface area contributed by atoms with Crippen LogP contribution in [0, 0.1) is 5.92 Å². The lowest BCUT2D eigenvalue weighted by Crippen LogP contribution is -2.44. The van der Waals surface area contributed by atoms with E-state index >= 15 is 0 Å². The van der Waals surface area contributed by atoms with E-state index < -0.39 is 17.9 Å². The fourth-order valence-corrected chi connectivity index (χ4v) is 1.33. The average Bonchev–Trinajstić information content (AvgIpc) is 2.24. The number of rotatable bonds is 4. The standard InChI is InChI=1S/C10H12ClN3O3/c1-5(2)8(10(16)17)14-9(15)6-3-12-4-7(11)13-6/h3-5,8H,1-2H3,(H,14,15)(H,16,17). The van der Waals surface area contributed by atoms with Crippen molar-refractivity contribution < 1.29 is 14.7 Å². The lowest BCUT2D eigenvalue weighted by Gasteiger charge is -2.17. The second-order valence-corrected chi connectivity index (χ2v) is 4.15. The number of aliphatic carboxylic acids is 1. The normalized spacial score (nSPS) is 12.2. The van der Waals surface area contributed by atoms with E-state index in [1.807, 2.05) is 0 Å². The summed E-state index contributed by atoms with van der Waals surface area (Å²) in [7, 11) is 0. The van der Waals surface area contributed by atoms with E-state index in [9.17, 15) is 9.59 Å². The van der Waals surface area contributed by atoms with Gasteiger partial charge in [-0.2, -0.15) is 0 Å². The Bertz CT molecular complexity index is 437. The third kappa shape index (κ3) is 3.67. The second kappa shape index (κ2) is 5.58. The number of amides is 1. The molecular formula is C10H12ClN3O3. The Hall–Kier alpha value is -1.69. The van der Waals surface area contributed by atoms with Crippen molar-refractivity contribution in [3.05, 3.63) is 23.2 Å². The first-order chi connectivity index (χ1) is 7.91. The zero-order chi connectivity index (χ0) is 13.0. The van der Waals surface area contributed by atoms with E-state index in [1.165, 1.54) is 12.4 Å². The lowest BCUT2D eigenvalue weighted by atomic mass is 10.0. The van der Waals surface area contributed by atoms with Crippen LogP contribution in [0.25, 0.3) is 0 Å². The quantitative estimate of drug-likeness (QED) is 0.838. The number of hydrogen-bond donors (Lipinski definition) is 2. The number of carboxylic acids is 1. The number of nitrogens with one attached hydrogen (secondary N) is 1. The van der Waals surface area contributed by atoms with Crippen LogP contribution in [0.3, 0.4) is 0 Å². The van der Waals surface area contributed by atoms with Crippen molar-refractivity contribution in [2.24, 2.45) is 5.92 Å². The highest BCUT2D eigenvalue weighted by molar-refractivity contribution is 6.29. The van der Waals surface area contributed by atoms with Crippen molar-refractivity contribution in [1.29, 1.82) is 0 Å². The van der Waals surface area contributed by atoms with E-state index in [-0.39, 0.29) is 16.8 Å². The number of halogens is 1. The van der Waals surface area contributed by atoms with Gasteiger partial charge in [0.25, 0.3) is 5.91 Å². The third-order valence-electron chi connectivity index (χ3n) is 2.06. The largest absolute Gasteiger partial charge is 0.480 e. The van der Waals surface area contributed by atoms with E-state index in [4.69, 9.17) is 16.7 Å². The molecule has 0 radical (unpaired) electrons. The molecule has 0 aromatic carbocycles. The first kappa shape index (κ1) is 13.4. The van der Waals surface area contributed by atoms with E-state index in [0.29, 0.717) is 0 Å². The topological polar surface area (TPSA) is 92.2 Å². The first-order valence-electron chi connectivity index (χ1n) is 4.93. The molecule has 1 aromatic heterocycles. The van der Waals surface area contributed by atoms with Gasteiger partial charge in [-0.1, -0.05) is 25.4 Å². The summed E-state index contributed by atoms with van der Waals surface area (Å²) in [5, 5.41) is 11.4. The van der Waals surface area contributed by atoms with Crippen LogP contribution in [0.2, 0.25) is 5.15 Å². The molecule has 92 valence electrons. The van der Waals surface area contributed by atoms with Crippen LogP contribution in [-0.2, 0) is 4.79 Å². The number of hydrogen-bond acceptors (Lipinski definition) is 4. The number of carbonyl (C=O) groups excluding carboxylic acids is 1. The maximum Gasteiger partial charge on any atom is 0.326 e. The second-order valence-electron chi connectivity index (χ2n) is 3.76. The Kier molecular flexibility index (Phi) is 4.39. The summed E-state index contributed by atoms with van der Waals surface area (Å²) in [4.78, 5) is 30.0. The third-order valence-corrected chi connectivity index (χ3v) is 2.24. The van der Waals surface area contributed by atoms with Crippen LogP contribution in [0.5, 0.6) is 0 Å². The highest BCUT2D eigenvalue weighted by Crippen LogP contribution is 2.05. The van der Waals surface area contributed by atoms with Gasteiger partial charge in [-0.25, -0.2) is 9.78 Å². The first-order valence-corrected chi connectivity index (χ1v) is 5.31. The van der Waals surface area contributed by atoms with Gasteiger partial charge in [0.2, 0.25) is 0 Å². The van der Waals surface area contributed by atoms with Crippen molar-refractivity contribution in [1.82, 2.24) is 15.3 Å². The van der Waals surface area contributed by atoms with Gasteiger partial charge in [-0.3, -0.25) is 9.78 Å². The fraction of sp³-hybridized carbons (Fsp3) is 0.400. The van der Waals surface area contributed by atoms with Gasteiger partial charge >= 0.3 is 5.97 Å². The van der Waals surface area contributed by atoms with E-state index in [2.05, 4.69) is 15.3 Å². The number of nitrogens with zero attached hydrogens (tertiary/aromatic N) is 2. The van der Waals surface area contributed by atoms with Crippen LogP contribution < -0.4 is 5.32 Å². The van der Waals surface area contributed by atoms with E-state index in [1.54, 1.807) is 13.8 Å². The molecule has 0 aliphatic rings. The lowest BCUT2D eigenvalue weighted by molar-refractivity contribution is -0.140. The Morgan fingerprint density at radius 1 is 1.41 bits per heavy atom. The summed E-state index contributed by atoms with van der Waals surface area (Å²) in [5.74, 6) is -1.94. The zero-order valence-corrected chi connectivity index (χ0v) is 10.1. The van der Waals surface area contributed by atoms with Crippen molar-refractivity contribution >= 4 is 23.5 Å². The Morgan fingerprint density at radius 2 is 2.06 bits per heavy atom. The van der Waals surface area contributed by atoms with Gasteiger partial charge in [0.15, 0.2) is 0 Å². The molecule has 0 bridgehead atoms. The summed E-state index contributed by atoms with van der Waals surface area (Å²) < 4.78 is 0. The van der Waals surface area contributed by atoms with Crippen LogP contribution in [0.4, 0.5) is 0 Å². The predicted molar refractivity (Wildman–Crippen MR) is 60.8 cm³/mol. The molecule has 7 heteroatoms. The highest BCUT2D eigenvalue weighted by atomic mass is 35.5. The number of carbonyl (C=O) groups is 2. The fourth-order valence-electron chi connectivity index (χ4n) is 1.18. The van der Waals surface area contributed by atoms with Crippen molar-refractivity contribution in [2.75, 3.05) is 0 Å². The molecule has 2 N–H and O–H groups in total. The van der Waals surface area contributed by atoms with E-state index in [0.717, 1.165) is 0 Å². The minimum Gasteiger partial charge on any atom is -0.480 e. The molecule has 1 rings (SSSR count). The summed E-state index contributed by atoms with van der Waals surface area (Å²) in [6.45, 7) is 3.39. The SMILES string of the molecule is CC(C)C(NC(=O)c1cncc(Cl)n1)C(=O)O. The Balaban J connectivity index is 2.81. The summed E-state index contributed by atoms with van der Waals surface area (Å²) in [5.41, 5.74) is -0.00981. The predicted octanol–water partition coefficient (Wildman–Crippen LogP) is 0.969. The minimum atomic E-state index is -1.09. The molecule has 0 fully saturated rings. The van der Waals surface area contributed by atoms with Gasteiger partial charge in [-0.05, 0) is 5.92 Å². The molecule has 0 spiro atoms. The molecule has 0 saturated carbocycles. The van der Waals surface area contributed by atoms with Crippen LogP contribution in [0.1, 0.15) is 24.3 Å². The van der Waals surface area contributed by atoms with Gasteiger partial charge < -0.3 is 10.4 Å². The Morgan fingerprint density at radius 3 is 2.53 bits per heavy atom. The Labute approximate surface area is 103 Å². The van der Waals surface area contributed by atoms with Gasteiger partial charge in [0.05, 0.1) is 12.4 Å². The summed E-state index contributed by atoms with van der Waals surface area (Å²) in [6.07, 6.45) is 2.51. The van der Waals surface area contributed by atoms with Crippen molar-refractivity contribution in [3.63, 3.8) is 0 Å². The minimum absolute atomic E-state index is 0.00981. The molecule has 17 heavy (non-hydrogen) atoms. The highest BCUT2D eigenvalue weighted by Gasteiger charge is 2.24. The van der Waals surface area contributed by atoms with Crippen molar-refractivity contribution in [2.45, 2.75) is 19.9 Å². The molecule has 1 atom stereocenters. The zero-order valence-electron chi connectivity index (χ0n) is 9.35. The average molecular weight is 258 g/mol. The van der Waals surface area contributed by atoms with Gasteiger partial charge in [-0.15, -0.1) is 0 Å². The monoisotopic (exact) mass is 257 g/mol. The molecule has 1 amide bonds. The molecule has 0 saturated heterocycles. The van der Waals surface area contributed by atoms with Crippen LogP contribution >= 0.6 is 11.6 Å². The summed E-state index contributed by atoms with van der Waals surface area (Å²) >= 11 is 5.58. The summed E-state index contributed by atoms with van der Waals surface area (Å²) in [6, 6.07) is -0.969. The molecule has 6 nitrogen and oxygen atoms in total. The van der Waals surface area contributed by atoms with Crippen LogP contribution in [0.15, 0.2) is 12.4 Å². The van der Waals surface area contributed by atoms with Gasteiger partial charge in [0, 0.05) is 0 Å². The molecule has 0 aliphatic carbocycles. The molecular weight excluding hydrogens is 246 g/mol. The molecule has 0 aliphatic heterocycles. The van der Waals surface area contributed by atoms with Gasteiger partial charge in [0.1, 0.15) is 16.9 Å². The number of carboxylic acid groups (broad SMARTS) is 1. The maximum atomic E-state index is 11.7. The van der Waals surface area contributed by atoms with Crippen molar-refractivity contribution in [3.8, 4) is 0 Å². The molecule has 1 aromatic rings. The smallest absolute Gasteiger partial charge is 0.326 e. The van der Waals surface area contributed by atoms with Crippen LogP contribution in [-0.4, -0.2) is 33.0 Å².